The second-order valence-electron chi connectivity index (χ2n) is 24.4. The van der Waals surface area contributed by atoms with E-state index in [4.69, 9.17) is 14.5 Å². The maximum atomic E-state index is 15.8. The van der Waals surface area contributed by atoms with Crippen LogP contribution in [0.5, 0.6) is 0 Å². The molecule has 1 saturated heterocycles. The number of methoxy groups -OCH3 is 1. The number of ether oxygens (including phenoxy) is 2. The Balaban J connectivity index is 0.916. The number of amides is 1. The molecule has 1 spiro atoms. The van der Waals surface area contributed by atoms with E-state index in [9.17, 15) is 14.7 Å². The summed E-state index contributed by atoms with van der Waals surface area (Å²) in [4.78, 5) is 52.1. The monoisotopic (exact) mass is 850 g/mol. The predicted octanol–water partition coefficient (Wildman–Crippen LogP) is 10.6. The van der Waals surface area contributed by atoms with Crippen LogP contribution in [0.3, 0.4) is 0 Å². The molecule has 1 unspecified atom stereocenters. The lowest BCUT2D eigenvalue weighted by atomic mass is 9.32. The van der Waals surface area contributed by atoms with Gasteiger partial charge in [0.05, 0.1) is 46.9 Å². The highest BCUT2D eigenvalue weighted by Crippen LogP contribution is 2.79. The molecule has 8 aliphatic rings. The Hall–Kier alpha value is -3.04. The van der Waals surface area contributed by atoms with E-state index in [1.807, 2.05) is 26.1 Å². The summed E-state index contributed by atoms with van der Waals surface area (Å²) in [5, 5.41) is 9.85. The molecule has 62 heavy (non-hydrogen) atoms. The number of carboxylic acid groups (broad SMARTS) is 1. The number of aromatic nitrogens is 2. The number of nitrogens with zero attached hydrogens (tertiary/aromatic N) is 2. The second kappa shape index (κ2) is 14.0. The number of carboxylic acids is 1. The molecular weight excluding hydrogens is 775 g/mol. The molecule has 15 atom stereocenters. The molecule has 7 saturated carbocycles. The molecule has 0 radical (unpaired) electrons. The van der Waals surface area contributed by atoms with Gasteiger partial charge in [-0.05, 0) is 139 Å². The zero-order valence-electron chi connectivity index (χ0n) is 39.4. The molecule has 10 rings (SSSR count). The van der Waals surface area contributed by atoms with Gasteiger partial charge in [0.25, 0.3) is 0 Å². The molecule has 1 aromatic heterocycles. The van der Waals surface area contributed by atoms with Gasteiger partial charge in [-0.1, -0.05) is 92.6 Å². The first-order chi connectivity index (χ1) is 29.2. The normalized spacial score (nSPS) is 46.1. The molecule has 2 N–H and O–H groups in total. The molecule has 7 aliphatic carbocycles. The molecule has 9 nitrogen and oxygen atoms in total. The predicted molar refractivity (Wildman–Crippen MR) is 239 cm³/mol. The average Bonchev–Trinajstić information content (AvgIpc) is 3.72. The number of likely N-dealkylation sites (tertiary alicyclic amines) is 1. The van der Waals surface area contributed by atoms with Crippen molar-refractivity contribution in [3.05, 3.63) is 42.4 Å². The molecule has 9 heteroatoms. The minimum atomic E-state index is -0.798. The summed E-state index contributed by atoms with van der Waals surface area (Å²) in [6.45, 7) is 22.2. The number of nitrogens with one attached hydrogen (secondary N) is 1. The molecule has 2 heterocycles. The fourth-order valence-corrected chi connectivity index (χ4v) is 17.9. The minimum absolute atomic E-state index is 0.0181. The summed E-state index contributed by atoms with van der Waals surface area (Å²) in [5.41, 5.74) is 0.814. The van der Waals surface area contributed by atoms with Gasteiger partial charge in [-0.3, -0.25) is 14.4 Å². The molecule has 8 fully saturated rings. The smallest absolute Gasteiger partial charge is 0.307 e. The number of fused-ring (bicyclic) bond motifs is 7. The zero-order chi connectivity index (χ0) is 44.2. The van der Waals surface area contributed by atoms with Gasteiger partial charge in [-0.25, -0.2) is 4.98 Å². The molecule has 0 bridgehead atoms. The van der Waals surface area contributed by atoms with E-state index < -0.39 is 28.8 Å². The minimum Gasteiger partial charge on any atom is -0.481 e. The number of ketones is 1. The number of imidazole rings is 1. The average molecular weight is 850 g/mol. The summed E-state index contributed by atoms with van der Waals surface area (Å²) in [7, 11) is 1.79. The number of H-pyrrole nitrogens is 1. The first kappa shape index (κ1) is 42.9. The van der Waals surface area contributed by atoms with Crippen molar-refractivity contribution in [2.75, 3.05) is 13.7 Å². The number of benzene rings is 1. The quantitative estimate of drug-likeness (QED) is 0.271. The van der Waals surface area contributed by atoms with Crippen LogP contribution in [0.25, 0.3) is 11.3 Å². The van der Waals surface area contributed by atoms with Crippen molar-refractivity contribution in [1.29, 1.82) is 0 Å². The third-order valence-electron chi connectivity index (χ3n) is 21.7. The first-order valence-corrected chi connectivity index (χ1v) is 24.6. The highest BCUT2D eigenvalue weighted by molar-refractivity contribution is 6.09. The van der Waals surface area contributed by atoms with Crippen molar-refractivity contribution >= 4 is 17.7 Å². The number of rotatable bonds is 8. The summed E-state index contributed by atoms with van der Waals surface area (Å²) in [5.74, 6) is 3.01. The number of aliphatic carboxylic acids is 1. The van der Waals surface area contributed by atoms with E-state index in [1.165, 1.54) is 19.3 Å². The SMILES string of the molecule is CO[C@@H]1C[C@@H](c2ncc(-c3ccccc3)[nH]2)N(C(=O)[C@]23CC[C@@H](C(C)C)[C@@H]2[C@H]2CC[C@@H]4[C@@]5(C)CC[C@H](O[C@@H]6C(=O)C67C[C@@H](C(=O)O)C7(C)C)C(C)(C)[C@@H]5CC[C@@]4(C)[C@]2(C)CC3)C1. The third-order valence-corrected chi connectivity index (χ3v) is 21.7. The van der Waals surface area contributed by atoms with Crippen molar-refractivity contribution in [1.82, 2.24) is 14.9 Å². The van der Waals surface area contributed by atoms with Gasteiger partial charge in [0, 0.05) is 20.1 Å². The van der Waals surface area contributed by atoms with Crippen molar-refractivity contribution in [2.24, 2.45) is 79.3 Å². The second-order valence-corrected chi connectivity index (χ2v) is 24.4. The maximum absolute atomic E-state index is 15.8. The summed E-state index contributed by atoms with van der Waals surface area (Å²) >= 11 is 0. The van der Waals surface area contributed by atoms with E-state index >= 15 is 4.79 Å². The number of hydrogen-bond acceptors (Lipinski definition) is 6. The lowest BCUT2D eigenvalue weighted by Crippen LogP contribution is -2.67. The van der Waals surface area contributed by atoms with Gasteiger partial charge < -0.3 is 24.5 Å². The van der Waals surface area contributed by atoms with E-state index in [0.29, 0.717) is 54.4 Å². The number of hydrogen-bond donors (Lipinski definition) is 2. The Bertz CT molecular complexity index is 2130. The van der Waals surface area contributed by atoms with Crippen LogP contribution in [0, 0.1) is 79.3 Å². The fourth-order valence-electron chi connectivity index (χ4n) is 17.9. The van der Waals surface area contributed by atoms with Crippen LogP contribution in [0.4, 0.5) is 0 Å². The Morgan fingerprint density at radius 3 is 2.31 bits per heavy atom. The summed E-state index contributed by atoms with van der Waals surface area (Å²) in [6.07, 6.45) is 13.5. The molecule has 2 aromatic rings. The maximum Gasteiger partial charge on any atom is 0.307 e. The highest BCUT2D eigenvalue weighted by atomic mass is 16.5. The number of Topliss-reactive ketones (excluding diaryl/α,β-unsaturated/α-hetero) is 1. The summed E-state index contributed by atoms with van der Waals surface area (Å²) < 4.78 is 13.0. The van der Waals surface area contributed by atoms with Gasteiger partial charge in [0.15, 0.2) is 5.78 Å². The number of carbonyl (C=O) groups is 3. The molecular formula is C53H75N3O6. The van der Waals surface area contributed by atoms with Crippen molar-refractivity contribution in [3.8, 4) is 11.3 Å². The van der Waals surface area contributed by atoms with E-state index in [-0.39, 0.29) is 51.1 Å². The van der Waals surface area contributed by atoms with Crippen molar-refractivity contribution < 1.29 is 29.0 Å². The molecule has 338 valence electrons. The van der Waals surface area contributed by atoms with Crippen LogP contribution in [0.2, 0.25) is 0 Å². The Labute approximate surface area is 370 Å². The summed E-state index contributed by atoms with van der Waals surface area (Å²) in [6, 6.07) is 10.2. The first-order valence-electron chi connectivity index (χ1n) is 24.6. The van der Waals surface area contributed by atoms with Crippen LogP contribution < -0.4 is 0 Å². The lowest BCUT2D eigenvalue weighted by molar-refractivity contribution is -0.255. The lowest BCUT2D eigenvalue weighted by Gasteiger charge is -2.73. The van der Waals surface area contributed by atoms with Crippen LogP contribution in [-0.2, 0) is 23.9 Å². The van der Waals surface area contributed by atoms with Crippen molar-refractivity contribution in [3.63, 3.8) is 0 Å². The van der Waals surface area contributed by atoms with Gasteiger partial charge >= 0.3 is 5.97 Å². The Morgan fingerprint density at radius 2 is 1.63 bits per heavy atom. The van der Waals surface area contributed by atoms with E-state index in [2.05, 4.69) is 82.6 Å². The standard InChI is InChI=1S/C53H75N3O6/c1-30(2)33-18-23-52(46(60)56-29-32(61-10)26-37(56)44-54-28-36(55-44)31-14-12-11-13-15-31)25-24-50(8)34(41(33)52)16-17-39-49(7)21-20-40(47(3,4)38(49)19-22-51(39,50)9)62-43-42(57)53(43)27-35(45(58)59)48(53,5)6/h11-15,28,30,32-35,37-41,43H,16-27,29H2,1-10H3,(H,54,55)(H,58,59)/t32-,33+,34-,35+,37+,38+,39-,40+,41-,43-,49+,50-,51-,52+,53?/m1/s1. The van der Waals surface area contributed by atoms with Crippen LogP contribution >= 0.6 is 0 Å². The third kappa shape index (κ3) is 5.45. The molecule has 1 aromatic carbocycles. The number of carbonyl (C=O) groups excluding carboxylic acids is 2. The zero-order valence-corrected chi connectivity index (χ0v) is 39.4. The van der Waals surface area contributed by atoms with Crippen molar-refractivity contribution in [2.45, 2.75) is 164 Å². The molecule has 1 aliphatic heterocycles. The van der Waals surface area contributed by atoms with Gasteiger partial charge in [-0.2, -0.15) is 0 Å². The Morgan fingerprint density at radius 1 is 0.887 bits per heavy atom. The highest BCUT2D eigenvalue weighted by Gasteiger charge is 2.83. The van der Waals surface area contributed by atoms with E-state index in [1.54, 1.807) is 7.11 Å². The van der Waals surface area contributed by atoms with Crippen LogP contribution in [-0.4, -0.2) is 69.6 Å². The fraction of sp³-hybridized carbons (Fsp3) is 0.774. The van der Waals surface area contributed by atoms with Gasteiger partial charge in [-0.15, -0.1) is 0 Å². The van der Waals surface area contributed by atoms with E-state index in [0.717, 1.165) is 68.4 Å². The number of aromatic amines is 1. The van der Waals surface area contributed by atoms with Gasteiger partial charge in [0.2, 0.25) is 5.91 Å². The topological polar surface area (TPSA) is 122 Å². The van der Waals surface area contributed by atoms with Crippen LogP contribution in [0.1, 0.15) is 151 Å². The molecule has 1 amide bonds. The largest absolute Gasteiger partial charge is 0.481 e. The van der Waals surface area contributed by atoms with Crippen LogP contribution in [0.15, 0.2) is 36.5 Å². The van der Waals surface area contributed by atoms with Gasteiger partial charge in [0.1, 0.15) is 11.9 Å². The Kier molecular flexibility index (Phi) is 9.67.